The summed E-state index contributed by atoms with van der Waals surface area (Å²) in [6, 6.07) is 8.62. The third-order valence-electron chi connectivity index (χ3n) is 4.15. The molecule has 0 saturated heterocycles. The van der Waals surface area contributed by atoms with E-state index < -0.39 is 27.9 Å². The van der Waals surface area contributed by atoms with E-state index in [1.165, 1.54) is 50.4 Å². The summed E-state index contributed by atoms with van der Waals surface area (Å²) in [4.78, 5) is 25.2. The number of halogens is 1. The quantitative estimate of drug-likeness (QED) is 0.398. The van der Waals surface area contributed by atoms with Gasteiger partial charge in [-0.05, 0) is 49.2 Å². The monoisotopic (exact) mass is 483 g/mol. The van der Waals surface area contributed by atoms with Crippen LogP contribution < -0.4 is 14.2 Å². The molecule has 2 aromatic rings. The molecule has 8 nitrogen and oxygen atoms in total. The van der Waals surface area contributed by atoms with Gasteiger partial charge in [0.2, 0.25) is 15.8 Å². The molecule has 0 aliphatic carbocycles. The Kier molecular flexibility index (Phi) is 8.51. The fourth-order valence-corrected chi connectivity index (χ4v) is 3.49. The molecule has 2 aromatic carbocycles. The summed E-state index contributed by atoms with van der Waals surface area (Å²) >= 11 is 6.27. The highest BCUT2D eigenvalue weighted by atomic mass is 35.5. The zero-order chi connectivity index (χ0) is 24.1. The smallest absolute Gasteiger partial charge is 0.339 e. The molecule has 1 atom stereocenters. The Morgan fingerprint density at radius 1 is 1.06 bits per heavy atom. The molecule has 0 aliphatic heterocycles. The van der Waals surface area contributed by atoms with Crippen LogP contribution in [0.5, 0.6) is 11.5 Å². The number of benzene rings is 2. The molecule has 1 unspecified atom stereocenters. The summed E-state index contributed by atoms with van der Waals surface area (Å²) in [6.07, 6.45) is -0.0597. The highest BCUT2D eigenvalue weighted by Crippen LogP contribution is 2.37. The van der Waals surface area contributed by atoms with Crippen LogP contribution in [0, 0.1) is 5.92 Å². The van der Waals surface area contributed by atoms with Crippen molar-refractivity contribution in [1.29, 1.82) is 0 Å². The van der Waals surface area contributed by atoms with Crippen LogP contribution in [0.1, 0.15) is 41.5 Å². The van der Waals surface area contributed by atoms with Crippen molar-refractivity contribution in [2.24, 2.45) is 5.92 Å². The minimum atomic E-state index is -3.43. The molecule has 10 heteroatoms. The molecule has 2 rings (SSSR count). The van der Waals surface area contributed by atoms with E-state index in [-0.39, 0.29) is 27.8 Å². The first-order chi connectivity index (χ1) is 14.9. The second-order valence-corrected chi connectivity index (χ2v) is 9.71. The Morgan fingerprint density at radius 2 is 1.69 bits per heavy atom. The van der Waals surface area contributed by atoms with Gasteiger partial charge in [0.15, 0.2) is 17.6 Å². The number of ether oxygens (including phenoxy) is 3. The lowest BCUT2D eigenvalue weighted by Gasteiger charge is -2.16. The summed E-state index contributed by atoms with van der Waals surface area (Å²) in [6.45, 7) is 5.84. The molecule has 0 amide bonds. The first-order valence-electron chi connectivity index (χ1n) is 9.74. The second-order valence-electron chi connectivity index (χ2n) is 7.56. The van der Waals surface area contributed by atoms with E-state index in [4.69, 9.17) is 25.8 Å². The molecule has 0 bridgehead atoms. The predicted octanol–water partition coefficient (Wildman–Crippen LogP) is 4.18. The number of anilines is 1. The summed E-state index contributed by atoms with van der Waals surface area (Å²) in [5.41, 5.74) is 0.684. The van der Waals surface area contributed by atoms with Crippen LogP contribution in [0.25, 0.3) is 0 Å². The zero-order valence-electron chi connectivity index (χ0n) is 18.5. The number of carbonyl (C=O) groups is 2. The number of Topliss-reactive ketones (excluding diaryl/α,β-unsaturated/α-hetero) is 1. The summed E-state index contributed by atoms with van der Waals surface area (Å²) in [7, 11) is -2.00. The maximum atomic E-state index is 12.6. The van der Waals surface area contributed by atoms with E-state index in [1.807, 2.05) is 13.8 Å². The fourth-order valence-electron chi connectivity index (χ4n) is 2.66. The van der Waals surface area contributed by atoms with Gasteiger partial charge in [0.05, 0.1) is 30.6 Å². The predicted molar refractivity (Wildman–Crippen MR) is 122 cm³/mol. The van der Waals surface area contributed by atoms with E-state index in [2.05, 4.69) is 4.72 Å². The summed E-state index contributed by atoms with van der Waals surface area (Å²) < 4.78 is 41.1. The highest BCUT2D eigenvalue weighted by molar-refractivity contribution is 7.92. The number of rotatable bonds is 10. The van der Waals surface area contributed by atoms with E-state index in [1.54, 1.807) is 0 Å². The fraction of sp³-hybridized carbons (Fsp3) is 0.364. The Bertz CT molecular complexity index is 1080. The maximum absolute atomic E-state index is 12.6. The molecule has 0 heterocycles. The van der Waals surface area contributed by atoms with Crippen molar-refractivity contribution >= 4 is 39.1 Å². The van der Waals surface area contributed by atoms with Crippen molar-refractivity contribution in [2.45, 2.75) is 26.9 Å². The number of nitrogens with one attached hydrogen (secondary N) is 1. The maximum Gasteiger partial charge on any atom is 0.339 e. The lowest BCUT2D eigenvalue weighted by Crippen LogP contribution is -2.24. The molecule has 0 radical (unpaired) electrons. The van der Waals surface area contributed by atoms with Gasteiger partial charge in [-0.15, -0.1) is 0 Å². The van der Waals surface area contributed by atoms with Crippen LogP contribution in [-0.2, 0) is 14.8 Å². The lowest BCUT2D eigenvalue weighted by atomic mass is 10.1. The molecule has 0 spiro atoms. The normalized spacial score (nSPS) is 12.2. The van der Waals surface area contributed by atoms with E-state index in [0.29, 0.717) is 18.0 Å². The summed E-state index contributed by atoms with van der Waals surface area (Å²) in [5.74, 6) is -0.330. The van der Waals surface area contributed by atoms with Crippen molar-refractivity contribution in [1.82, 2.24) is 0 Å². The van der Waals surface area contributed by atoms with Crippen molar-refractivity contribution < 1.29 is 32.2 Å². The first kappa shape index (κ1) is 25.5. The van der Waals surface area contributed by atoms with Gasteiger partial charge in [-0.25, -0.2) is 13.2 Å². The first-order valence-corrected chi connectivity index (χ1v) is 12.0. The van der Waals surface area contributed by atoms with Gasteiger partial charge < -0.3 is 14.2 Å². The Morgan fingerprint density at radius 3 is 2.22 bits per heavy atom. The number of esters is 1. The van der Waals surface area contributed by atoms with Crippen molar-refractivity contribution in [3.8, 4) is 11.5 Å². The summed E-state index contributed by atoms with van der Waals surface area (Å²) in [5, 5.41) is 0.185. The van der Waals surface area contributed by atoms with Gasteiger partial charge >= 0.3 is 5.97 Å². The standard InChI is InChI=1S/C22H26ClNO7S/c1-13(2)12-30-21-18(23)10-16(11-19(21)29-4)22(26)31-14(3)20(25)15-6-8-17(9-7-15)24-32(5,27)28/h6-11,13-14,24H,12H2,1-5H3. The van der Waals surface area contributed by atoms with Crippen LogP contribution in [0.4, 0.5) is 5.69 Å². The van der Waals surface area contributed by atoms with Crippen LogP contribution in [0.3, 0.4) is 0 Å². The lowest BCUT2D eigenvalue weighted by molar-refractivity contribution is 0.0318. The van der Waals surface area contributed by atoms with Crippen molar-refractivity contribution in [3.05, 3.63) is 52.5 Å². The Hall–Kier alpha value is -2.78. The SMILES string of the molecule is COc1cc(C(=O)OC(C)C(=O)c2ccc(NS(C)(=O)=O)cc2)cc(Cl)c1OCC(C)C. The molecule has 0 fully saturated rings. The van der Waals surface area contributed by atoms with Gasteiger partial charge in [-0.2, -0.15) is 0 Å². The third kappa shape index (κ3) is 7.13. The van der Waals surface area contributed by atoms with Gasteiger partial charge in [0.1, 0.15) is 0 Å². The number of methoxy groups -OCH3 is 1. The minimum Gasteiger partial charge on any atom is -0.493 e. The topological polar surface area (TPSA) is 108 Å². The molecule has 0 aromatic heterocycles. The minimum absolute atomic E-state index is 0.107. The Balaban J connectivity index is 2.12. The molecule has 1 N–H and O–H groups in total. The number of hydrogen-bond acceptors (Lipinski definition) is 7. The van der Waals surface area contributed by atoms with Crippen molar-refractivity contribution in [3.63, 3.8) is 0 Å². The Labute approximate surface area is 192 Å². The van der Waals surface area contributed by atoms with Gasteiger partial charge in [-0.3, -0.25) is 9.52 Å². The van der Waals surface area contributed by atoms with Crippen molar-refractivity contribution in [2.75, 3.05) is 24.7 Å². The number of hydrogen-bond donors (Lipinski definition) is 1. The molecular formula is C22H26ClNO7S. The van der Waals surface area contributed by atoms with Gasteiger partial charge in [0, 0.05) is 11.3 Å². The van der Waals surface area contributed by atoms with Crippen LogP contribution >= 0.6 is 11.6 Å². The average molecular weight is 484 g/mol. The van der Waals surface area contributed by atoms with Crippen LogP contribution in [0.15, 0.2) is 36.4 Å². The molecule has 0 aliphatic rings. The van der Waals surface area contributed by atoms with Gasteiger partial charge in [-0.1, -0.05) is 25.4 Å². The van der Waals surface area contributed by atoms with E-state index in [9.17, 15) is 18.0 Å². The molecule has 0 saturated carbocycles. The van der Waals surface area contributed by atoms with Crippen LogP contribution in [-0.4, -0.2) is 46.2 Å². The van der Waals surface area contributed by atoms with Crippen LogP contribution in [0.2, 0.25) is 5.02 Å². The van der Waals surface area contributed by atoms with Gasteiger partial charge in [0.25, 0.3) is 0 Å². The zero-order valence-corrected chi connectivity index (χ0v) is 20.0. The average Bonchev–Trinajstić information content (AvgIpc) is 2.70. The molecule has 174 valence electrons. The van der Waals surface area contributed by atoms with E-state index >= 15 is 0 Å². The number of ketones is 1. The number of carbonyl (C=O) groups excluding carboxylic acids is 2. The molecule has 32 heavy (non-hydrogen) atoms. The number of sulfonamides is 1. The van der Waals surface area contributed by atoms with E-state index in [0.717, 1.165) is 6.26 Å². The second kappa shape index (κ2) is 10.7. The third-order valence-corrected chi connectivity index (χ3v) is 5.04. The molecular weight excluding hydrogens is 458 g/mol. The highest BCUT2D eigenvalue weighted by Gasteiger charge is 2.23. The largest absolute Gasteiger partial charge is 0.493 e.